The number of fused-ring (bicyclic) bond motifs is 1. The first-order chi connectivity index (χ1) is 11.4. The summed E-state index contributed by atoms with van der Waals surface area (Å²) in [4.78, 5) is 12.3. The number of carbonyl (C=O) groups is 1. The number of carbonyl (C=O) groups excluding carboxylic acids is 1. The van der Waals surface area contributed by atoms with E-state index in [1.807, 2.05) is 30.4 Å². The highest BCUT2D eigenvalue weighted by molar-refractivity contribution is 5.78. The van der Waals surface area contributed by atoms with Gasteiger partial charge in [-0.3, -0.25) is 4.79 Å². The van der Waals surface area contributed by atoms with Crippen molar-refractivity contribution in [3.05, 3.63) is 41.5 Å². The van der Waals surface area contributed by atoms with Gasteiger partial charge < -0.3 is 14.2 Å². The molecule has 1 aromatic rings. The number of benzene rings is 1. The van der Waals surface area contributed by atoms with Crippen LogP contribution in [0.15, 0.2) is 35.9 Å². The first-order valence-electron chi connectivity index (χ1n) is 8.27. The lowest BCUT2D eigenvalue weighted by Crippen LogP contribution is -2.10. The molecule has 1 aliphatic heterocycles. The predicted molar refractivity (Wildman–Crippen MR) is 92.8 cm³/mol. The maximum absolute atomic E-state index is 12.3. The van der Waals surface area contributed by atoms with Crippen LogP contribution in [0.5, 0.6) is 11.5 Å². The Morgan fingerprint density at radius 2 is 2.04 bits per heavy atom. The van der Waals surface area contributed by atoms with Crippen molar-refractivity contribution in [1.82, 2.24) is 0 Å². The largest absolute Gasteiger partial charge is 0.461 e. The second-order valence-corrected chi connectivity index (χ2v) is 7.21. The molecule has 128 valence electrons. The van der Waals surface area contributed by atoms with Crippen molar-refractivity contribution in [2.24, 2.45) is 17.3 Å². The number of esters is 1. The van der Waals surface area contributed by atoms with Gasteiger partial charge >= 0.3 is 5.97 Å². The number of hydrogen-bond donors (Lipinski definition) is 0. The molecule has 0 saturated heterocycles. The van der Waals surface area contributed by atoms with Gasteiger partial charge in [0, 0.05) is 0 Å². The van der Waals surface area contributed by atoms with E-state index in [4.69, 9.17) is 14.2 Å². The highest BCUT2D eigenvalue weighted by atomic mass is 16.7. The highest BCUT2D eigenvalue weighted by Gasteiger charge is 2.61. The van der Waals surface area contributed by atoms with E-state index >= 15 is 0 Å². The van der Waals surface area contributed by atoms with Gasteiger partial charge in [0.05, 0.1) is 5.92 Å². The fraction of sp³-hybridized carbons (Fsp3) is 0.450. The van der Waals surface area contributed by atoms with Crippen LogP contribution in [-0.4, -0.2) is 19.4 Å². The lowest BCUT2D eigenvalue weighted by atomic mass is 10.1. The third kappa shape index (κ3) is 3.32. The molecular weight excluding hydrogens is 304 g/mol. The number of allylic oxidation sites excluding steroid dienone is 2. The molecule has 0 amide bonds. The summed E-state index contributed by atoms with van der Waals surface area (Å²) in [6.45, 7) is 8.90. The molecule has 4 nitrogen and oxygen atoms in total. The van der Waals surface area contributed by atoms with Gasteiger partial charge in [-0.15, -0.1) is 0 Å². The monoisotopic (exact) mass is 328 g/mol. The van der Waals surface area contributed by atoms with Crippen molar-refractivity contribution in [1.29, 1.82) is 0 Å². The minimum Gasteiger partial charge on any atom is -0.461 e. The molecule has 2 atom stereocenters. The zero-order valence-corrected chi connectivity index (χ0v) is 14.7. The number of rotatable bonds is 5. The van der Waals surface area contributed by atoms with Crippen LogP contribution in [0.25, 0.3) is 6.08 Å². The van der Waals surface area contributed by atoms with E-state index in [0.29, 0.717) is 0 Å². The molecule has 24 heavy (non-hydrogen) atoms. The van der Waals surface area contributed by atoms with E-state index in [-0.39, 0.29) is 36.6 Å². The molecule has 1 aromatic carbocycles. The van der Waals surface area contributed by atoms with E-state index in [0.717, 1.165) is 17.1 Å². The van der Waals surface area contributed by atoms with Gasteiger partial charge in [0.15, 0.2) is 11.5 Å². The van der Waals surface area contributed by atoms with Crippen molar-refractivity contribution < 1.29 is 19.0 Å². The van der Waals surface area contributed by atoms with Gasteiger partial charge in [0.1, 0.15) is 6.61 Å². The summed E-state index contributed by atoms with van der Waals surface area (Å²) < 4.78 is 16.0. The average molecular weight is 328 g/mol. The van der Waals surface area contributed by atoms with E-state index in [1.165, 1.54) is 5.57 Å². The first-order valence-corrected chi connectivity index (χ1v) is 8.27. The second-order valence-electron chi connectivity index (χ2n) is 7.21. The summed E-state index contributed by atoms with van der Waals surface area (Å²) in [6.07, 6.45) is 5.94. The van der Waals surface area contributed by atoms with Crippen LogP contribution < -0.4 is 9.47 Å². The topological polar surface area (TPSA) is 44.8 Å². The molecule has 3 rings (SSSR count). The lowest BCUT2D eigenvalue weighted by molar-refractivity contribution is -0.144. The van der Waals surface area contributed by atoms with Crippen LogP contribution in [0, 0.1) is 17.3 Å². The van der Waals surface area contributed by atoms with Crippen molar-refractivity contribution in [3.8, 4) is 11.5 Å². The van der Waals surface area contributed by atoms with E-state index in [1.54, 1.807) is 0 Å². The van der Waals surface area contributed by atoms with Crippen LogP contribution in [-0.2, 0) is 9.53 Å². The standard InChI is InChI=1S/C20H24O4/c1-13(2)10-15-18(20(15,3)4)19(21)22-9-5-6-14-7-8-16-17(11-14)24-12-23-16/h5-8,10-11,15,18H,9,12H2,1-4H3/b6-5-. The number of ether oxygens (including phenoxy) is 3. The Morgan fingerprint density at radius 3 is 2.79 bits per heavy atom. The molecule has 0 radical (unpaired) electrons. The molecule has 0 N–H and O–H groups in total. The Balaban J connectivity index is 1.51. The van der Waals surface area contributed by atoms with Crippen LogP contribution in [0.2, 0.25) is 0 Å². The van der Waals surface area contributed by atoms with Gasteiger partial charge in [-0.1, -0.05) is 37.6 Å². The smallest absolute Gasteiger partial charge is 0.310 e. The van der Waals surface area contributed by atoms with E-state index in [9.17, 15) is 4.79 Å². The molecule has 0 spiro atoms. The van der Waals surface area contributed by atoms with Crippen molar-refractivity contribution in [3.63, 3.8) is 0 Å². The van der Waals surface area contributed by atoms with E-state index < -0.39 is 0 Å². The molecule has 0 aromatic heterocycles. The molecule has 0 bridgehead atoms. The van der Waals surface area contributed by atoms with Gasteiger partial charge in [0.2, 0.25) is 6.79 Å². The lowest BCUT2D eigenvalue weighted by Gasteiger charge is -2.03. The molecule has 2 unspecified atom stereocenters. The second kappa shape index (κ2) is 6.34. The van der Waals surface area contributed by atoms with Gasteiger partial charge in [0.25, 0.3) is 0 Å². The molecule has 1 fully saturated rings. The molecule has 1 heterocycles. The summed E-state index contributed by atoms with van der Waals surface area (Å²) in [5.74, 6) is 1.65. The summed E-state index contributed by atoms with van der Waals surface area (Å²) in [7, 11) is 0. The molecule has 1 aliphatic carbocycles. The Bertz CT molecular complexity index is 696. The first kappa shape index (κ1) is 16.6. The Kier molecular flexibility index (Phi) is 4.39. The minimum absolute atomic E-state index is 0.00457. The van der Waals surface area contributed by atoms with Crippen molar-refractivity contribution >= 4 is 12.0 Å². The minimum atomic E-state index is -0.113. The molecule has 4 heteroatoms. The van der Waals surface area contributed by atoms with Gasteiger partial charge in [-0.2, -0.15) is 0 Å². The molecule has 2 aliphatic rings. The van der Waals surface area contributed by atoms with Crippen LogP contribution in [0.4, 0.5) is 0 Å². The Hall–Kier alpha value is -2.23. The predicted octanol–water partition coefficient (Wildman–Crippen LogP) is 4.21. The van der Waals surface area contributed by atoms with Crippen LogP contribution in [0.1, 0.15) is 33.3 Å². The van der Waals surface area contributed by atoms with Crippen LogP contribution >= 0.6 is 0 Å². The summed E-state index contributed by atoms with van der Waals surface area (Å²) in [6, 6.07) is 5.74. The van der Waals surface area contributed by atoms with Gasteiger partial charge in [-0.05, 0) is 49.0 Å². The summed E-state index contributed by atoms with van der Waals surface area (Å²) >= 11 is 0. The fourth-order valence-electron chi connectivity index (χ4n) is 3.22. The quantitative estimate of drug-likeness (QED) is 0.600. The average Bonchev–Trinajstić information content (AvgIpc) is 2.87. The Labute approximate surface area is 143 Å². The third-order valence-corrected chi connectivity index (χ3v) is 4.71. The molecular formula is C20H24O4. The van der Waals surface area contributed by atoms with Crippen molar-refractivity contribution in [2.75, 3.05) is 13.4 Å². The highest BCUT2D eigenvalue weighted by Crippen LogP contribution is 2.59. The molecule has 1 saturated carbocycles. The summed E-state index contributed by atoms with van der Waals surface area (Å²) in [5, 5.41) is 0. The zero-order valence-electron chi connectivity index (χ0n) is 14.7. The maximum atomic E-state index is 12.3. The number of hydrogen-bond acceptors (Lipinski definition) is 4. The van der Waals surface area contributed by atoms with Crippen molar-refractivity contribution in [2.45, 2.75) is 27.7 Å². The Morgan fingerprint density at radius 1 is 1.29 bits per heavy atom. The maximum Gasteiger partial charge on any atom is 0.310 e. The fourth-order valence-corrected chi connectivity index (χ4v) is 3.22. The SMILES string of the molecule is CC(C)=CC1C(C(=O)OC/C=C\c2ccc3c(c2)OCO3)C1(C)C. The normalized spacial score (nSPS) is 23.2. The third-order valence-electron chi connectivity index (χ3n) is 4.71. The zero-order chi connectivity index (χ0) is 17.3. The van der Waals surface area contributed by atoms with Crippen LogP contribution in [0.3, 0.4) is 0 Å². The van der Waals surface area contributed by atoms with Gasteiger partial charge in [-0.25, -0.2) is 0 Å². The van der Waals surface area contributed by atoms with E-state index in [2.05, 4.69) is 33.8 Å². The summed E-state index contributed by atoms with van der Waals surface area (Å²) in [5.41, 5.74) is 2.23.